The van der Waals surface area contributed by atoms with Crippen molar-refractivity contribution in [2.24, 2.45) is 5.14 Å². The van der Waals surface area contributed by atoms with Crippen molar-refractivity contribution >= 4 is 10.0 Å². The van der Waals surface area contributed by atoms with Gasteiger partial charge in [-0.2, -0.15) is 0 Å². The van der Waals surface area contributed by atoms with Gasteiger partial charge in [-0.15, -0.1) is 0 Å². The molecule has 6 heteroatoms. The molecule has 4 nitrogen and oxygen atoms in total. The summed E-state index contributed by atoms with van der Waals surface area (Å²) >= 11 is 0. The Morgan fingerprint density at radius 1 is 1.44 bits per heavy atom. The summed E-state index contributed by atoms with van der Waals surface area (Å²) in [5.41, 5.74) is -0.000602. The lowest BCUT2D eigenvalue weighted by Crippen LogP contribution is -2.19. The van der Waals surface area contributed by atoms with Crippen LogP contribution in [0.4, 0.5) is 4.39 Å². The van der Waals surface area contributed by atoms with Crippen molar-refractivity contribution in [3.8, 4) is 0 Å². The lowest BCUT2D eigenvalue weighted by atomic mass is 10.0. The van der Waals surface area contributed by atoms with Gasteiger partial charge in [-0.05, 0) is 12.5 Å². The van der Waals surface area contributed by atoms with Crippen molar-refractivity contribution in [1.82, 2.24) is 0 Å². The fraction of sp³-hybridized carbons (Fsp3) is 0.400. The molecule has 0 heterocycles. The van der Waals surface area contributed by atoms with E-state index in [1.54, 1.807) is 6.92 Å². The van der Waals surface area contributed by atoms with Crippen LogP contribution < -0.4 is 5.14 Å². The Balaban J connectivity index is 3.24. The largest absolute Gasteiger partial charge is 0.385 e. The van der Waals surface area contributed by atoms with Crippen LogP contribution in [0.15, 0.2) is 29.2 Å². The Morgan fingerprint density at radius 2 is 2.00 bits per heavy atom. The van der Waals surface area contributed by atoms with Crippen molar-refractivity contribution in [2.75, 3.05) is 0 Å². The molecule has 0 aromatic heterocycles. The quantitative estimate of drug-likeness (QED) is 0.836. The molecule has 16 heavy (non-hydrogen) atoms. The minimum atomic E-state index is -3.95. The number of halogens is 1. The Kier molecular flexibility index (Phi) is 4.01. The van der Waals surface area contributed by atoms with E-state index in [2.05, 4.69) is 0 Å². The fourth-order valence-corrected chi connectivity index (χ4v) is 2.19. The van der Waals surface area contributed by atoms with Crippen LogP contribution in [0.5, 0.6) is 0 Å². The zero-order valence-corrected chi connectivity index (χ0v) is 9.61. The molecule has 0 aliphatic rings. The molecule has 1 rings (SSSR count). The highest BCUT2D eigenvalue weighted by Crippen LogP contribution is 2.26. The van der Waals surface area contributed by atoms with E-state index >= 15 is 0 Å². The molecule has 0 bridgehead atoms. The molecule has 1 aromatic carbocycles. The molecule has 0 amide bonds. The van der Waals surface area contributed by atoms with Crippen molar-refractivity contribution in [2.45, 2.75) is 30.5 Å². The van der Waals surface area contributed by atoms with Crippen molar-refractivity contribution in [3.63, 3.8) is 0 Å². The summed E-state index contributed by atoms with van der Waals surface area (Å²) in [4.78, 5) is -0.237. The number of hydrogen-bond donors (Lipinski definition) is 2. The summed E-state index contributed by atoms with van der Waals surface area (Å²) in [6, 6.07) is 5.59. The normalized spacial score (nSPS) is 15.8. The predicted octanol–water partition coefficient (Wildman–Crippen LogP) is 1.12. The molecule has 3 N–H and O–H groups in total. The zero-order chi connectivity index (χ0) is 12.3. The molecule has 0 saturated heterocycles. The van der Waals surface area contributed by atoms with Gasteiger partial charge in [0.15, 0.2) is 0 Å². The number of rotatable bonds is 4. The van der Waals surface area contributed by atoms with Gasteiger partial charge in [0.2, 0.25) is 10.0 Å². The highest BCUT2D eigenvalue weighted by atomic mass is 32.2. The summed E-state index contributed by atoms with van der Waals surface area (Å²) in [5.74, 6) is 0. The summed E-state index contributed by atoms with van der Waals surface area (Å²) in [5, 5.41) is 14.6. The topological polar surface area (TPSA) is 80.4 Å². The standard InChI is InChI=1S/C10H14FNO3S/c1-2-8(11)10(13)7-5-3-4-6-9(7)16(12,14)15/h3-6,8,10,13H,2H2,1H3,(H2,12,14,15). The first kappa shape index (κ1) is 13.1. The molecular weight excluding hydrogens is 233 g/mol. The summed E-state index contributed by atoms with van der Waals surface area (Å²) in [6.07, 6.45) is -2.89. The highest BCUT2D eigenvalue weighted by molar-refractivity contribution is 7.89. The molecule has 0 aliphatic carbocycles. The summed E-state index contributed by atoms with van der Waals surface area (Å²) in [6.45, 7) is 1.56. The number of aliphatic hydroxyl groups excluding tert-OH is 1. The number of benzene rings is 1. The third-order valence-electron chi connectivity index (χ3n) is 2.28. The predicted molar refractivity (Wildman–Crippen MR) is 58.0 cm³/mol. The third-order valence-corrected chi connectivity index (χ3v) is 3.26. The van der Waals surface area contributed by atoms with Crippen LogP contribution in [0, 0.1) is 0 Å². The SMILES string of the molecule is CCC(F)C(O)c1ccccc1S(N)(=O)=O. The maximum atomic E-state index is 13.3. The summed E-state index contributed by atoms with van der Waals surface area (Å²) < 4.78 is 35.7. The van der Waals surface area contributed by atoms with Crippen LogP contribution in [-0.4, -0.2) is 19.7 Å². The van der Waals surface area contributed by atoms with E-state index in [-0.39, 0.29) is 16.9 Å². The van der Waals surface area contributed by atoms with E-state index in [9.17, 15) is 17.9 Å². The average Bonchev–Trinajstić information content (AvgIpc) is 2.26. The average molecular weight is 247 g/mol. The number of aliphatic hydroxyl groups is 1. The van der Waals surface area contributed by atoms with Gasteiger partial charge < -0.3 is 5.11 Å². The molecule has 0 fully saturated rings. The third kappa shape index (κ3) is 2.78. The van der Waals surface area contributed by atoms with Gasteiger partial charge in [-0.1, -0.05) is 25.1 Å². The smallest absolute Gasteiger partial charge is 0.238 e. The molecule has 0 aliphatic heterocycles. The highest BCUT2D eigenvalue weighted by Gasteiger charge is 2.24. The van der Waals surface area contributed by atoms with Crippen LogP contribution in [0.1, 0.15) is 25.0 Å². The Labute approximate surface area is 94.0 Å². The molecule has 2 unspecified atom stereocenters. The number of sulfonamides is 1. The van der Waals surface area contributed by atoms with E-state index in [0.717, 1.165) is 0 Å². The van der Waals surface area contributed by atoms with Crippen LogP contribution in [0.2, 0.25) is 0 Å². The number of hydrogen-bond acceptors (Lipinski definition) is 3. The van der Waals surface area contributed by atoms with Crippen molar-refractivity contribution < 1.29 is 17.9 Å². The second-order valence-electron chi connectivity index (χ2n) is 3.45. The zero-order valence-electron chi connectivity index (χ0n) is 8.80. The van der Waals surface area contributed by atoms with Crippen LogP contribution in [-0.2, 0) is 10.0 Å². The lowest BCUT2D eigenvalue weighted by Gasteiger charge is -2.16. The van der Waals surface area contributed by atoms with Gasteiger partial charge in [0.05, 0.1) is 4.90 Å². The Morgan fingerprint density at radius 3 is 2.50 bits per heavy atom. The number of primary sulfonamides is 1. The minimum Gasteiger partial charge on any atom is -0.385 e. The molecule has 2 atom stereocenters. The Hall–Kier alpha value is -0.980. The molecule has 0 radical (unpaired) electrons. The second kappa shape index (κ2) is 4.90. The maximum absolute atomic E-state index is 13.3. The van der Waals surface area contributed by atoms with Gasteiger partial charge in [0, 0.05) is 5.56 Å². The van der Waals surface area contributed by atoms with E-state index in [4.69, 9.17) is 5.14 Å². The maximum Gasteiger partial charge on any atom is 0.238 e. The number of nitrogens with two attached hydrogens (primary N) is 1. The van der Waals surface area contributed by atoms with Crippen LogP contribution in [0.25, 0.3) is 0 Å². The lowest BCUT2D eigenvalue weighted by molar-refractivity contribution is 0.0732. The van der Waals surface area contributed by atoms with Crippen LogP contribution in [0.3, 0.4) is 0 Å². The molecule has 1 aromatic rings. The second-order valence-corrected chi connectivity index (χ2v) is 4.98. The first-order chi connectivity index (χ1) is 7.38. The van der Waals surface area contributed by atoms with Gasteiger partial charge in [-0.3, -0.25) is 0 Å². The van der Waals surface area contributed by atoms with Gasteiger partial charge >= 0.3 is 0 Å². The van der Waals surface area contributed by atoms with E-state index in [1.807, 2.05) is 0 Å². The minimum absolute atomic E-state index is 0.000602. The van der Waals surface area contributed by atoms with E-state index in [0.29, 0.717) is 0 Å². The number of alkyl halides is 1. The van der Waals surface area contributed by atoms with Gasteiger partial charge in [0.1, 0.15) is 12.3 Å². The first-order valence-corrected chi connectivity index (χ1v) is 6.36. The van der Waals surface area contributed by atoms with Crippen LogP contribution >= 0.6 is 0 Å². The molecule has 0 saturated carbocycles. The van der Waals surface area contributed by atoms with Crippen molar-refractivity contribution in [1.29, 1.82) is 0 Å². The monoisotopic (exact) mass is 247 g/mol. The fourth-order valence-electron chi connectivity index (χ4n) is 1.40. The summed E-state index contributed by atoms with van der Waals surface area (Å²) in [7, 11) is -3.95. The van der Waals surface area contributed by atoms with E-state index in [1.165, 1.54) is 24.3 Å². The first-order valence-electron chi connectivity index (χ1n) is 4.81. The van der Waals surface area contributed by atoms with Gasteiger partial charge in [-0.25, -0.2) is 17.9 Å². The van der Waals surface area contributed by atoms with E-state index < -0.39 is 22.3 Å². The molecular formula is C10H14FNO3S. The Bertz CT molecular complexity index is 461. The van der Waals surface area contributed by atoms with Crippen molar-refractivity contribution in [3.05, 3.63) is 29.8 Å². The van der Waals surface area contributed by atoms with Gasteiger partial charge in [0.25, 0.3) is 0 Å². The molecule has 0 spiro atoms. The molecule has 90 valence electrons.